The van der Waals surface area contributed by atoms with E-state index in [-0.39, 0.29) is 5.56 Å². The first-order valence-corrected chi connectivity index (χ1v) is 6.41. The molecule has 0 saturated heterocycles. The van der Waals surface area contributed by atoms with Crippen LogP contribution in [-0.2, 0) is 6.42 Å². The van der Waals surface area contributed by atoms with Gasteiger partial charge in [0.2, 0.25) is 0 Å². The second-order valence-electron chi connectivity index (χ2n) is 4.71. The molecular formula is C15H13FN2O2. The Morgan fingerprint density at radius 1 is 1.35 bits per heavy atom. The first-order chi connectivity index (χ1) is 9.66. The van der Waals surface area contributed by atoms with Crippen LogP contribution >= 0.6 is 0 Å². The van der Waals surface area contributed by atoms with E-state index in [0.29, 0.717) is 12.4 Å². The maximum Gasteiger partial charge on any atom is 0.339 e. The fourth-order valence-electron chi connectivity index (χ4n) is 2.56. The second kappa shape index (κ2) is 4.92. The molecule has 0 amide bonds. The van der Waals surface area contributed by atoms with E-state index >= 15 is 0 Å². The number of aryl methyl sites for hydroxylation is 1. The Morgan fingerprint density at radius 2 is 2.15 bits per heavy atom. The lowest BCUT2D eigenvalue weighted by Gasteiger charge is -2.31. The largest absolute Gasteiger partial charge is 0.478 e. The first-order valence-electron chi connectivity index (χ1n) is 6.41. The molecule has 0 aliphatic carbocycles. The number of anilines is 2. The predicted molar refractivity (Wildman–Crippen MR) is 72.9 cm³/mol. The van der Waals surface area contributed by atoms with Crippen molar-refractivity contribution in [1.82, 2.24) is 4.98 Å². The summed E-state index contributed by atoms with van der Waals surface area (Å²) < 4.78 is 13.2. The highest BCUT2D eigenvalue weighted by molar-refractivity contribution is 5.94. The summed E-state index contributed by atoms with van der Waals surface area (Å²) in [6.45, 7) is 0.677. The first kappa shape index (κ1) is 12.6. The van der Waals surface area contributed by atoms with E-state index in [2.05, 4.69) is 4.98 Å². The number of rotatable bonds is 2. The number of carbonyl (C=O) groups is 1. The van der Waals surface area contributed by atoms with Gasteiger partial charge in [-0.05, 0) is 30.5 Å². The zero-order chi connectivity index (χ0) is 14.1. The highest BCUT2D eigenvalue weighted by Gasteiger charge is 2.24. The highest BCUT2D eigenvalue weighted by atomic mass is 19.1. The van der Waals surface area contributed by atoms with Crippen LogP contribution in [0.1, 0.15) is 22.3 Å². The van der Waals surface area contributed by atoms with Crippen molar-refractivity contribution in [2.24, 2.45) is 0 Å². The Balaban J connectivity index is 2.13. The molecule has 0 fully saturated rings. The van der Waals surface area contributed by atoms with Crippen molar-refractivity contribution in [1.29, 1.82) is 0 Å². The minimum atomic E-state index is -1.17. The zero-order valence-corrected chi connectivity index (χ0v) is 10.7. The molecule has 5 heteroatoms. The third kappa shape index (κ3) is 2.11. The van der Waals surface area contributed by atoms with Gasteiger partial charge >= 0.3 is 5.97 Å². The molecule has 0 saturated carbocycles. The van der Waals surface area contributed by atoms with E-state index in [9.17, 15) is 14.3 Å². The molecule has 102 valence electrons. The number of aromatic carboxylic acids is 1. The van der Waals surface area contributed by atoms with Crippen LogP contribution in [0.4, 0.5) is 15.9 Å². The Kier molecular flexibility index (Phi) is 3.10. The Labute approximate surface area is 115 Å². The van der Waals surface area contributed by atoms with Crippen LogP contribution in [0.2, 0.25) is 0 Å². The average Bonchev–Trinajstić information content (AvgIpc) is 2.46. The molecule has 0 atom stereocenters. The topological polar surface area (TPSA) is 53.4 Å². The van der Waals surface area contributed by atoms with Gasteiger partial charge in [-0.2, -0.15) is 0 Å². The molecule has 0 spiro atoms. The summed E-state index contributed by atoms with van der Waals surface area (Å²) in [5.41, 5.74) is 1.99. The molecule has 1 aliphatic rings. The summed E-state index contributed by atoms with van der Waals surface area (Å²) >= 11 is 0. The molecule has 1 aliphatic heterocycles. The van der Waals surface area contributed by atoms with Crippen LogP contribution in [0.3, 0.4) is 0 Å². The van der Waals surface area contributed by atoms with Gasteiger partial charge in [-0.3, -0.25) is 0 Å². The van der Waals surface area contributed by atoms with E-state index in [1.807, 2.05) is 29.2 Å². The van der Waals surface area contributed by atoms with E-state index < -0.39 is 11.8 Å². The zero-order valence-electron chi connectivity index (χ0n) is 10.7. The SMILES string of the molecule is O=C(O)c1cc(F)cnc1N1CCCc2ccccc21. The molecule has 3 rings (SSSR count). The molecule has 0 unspecified atom stereocenters. The maximum atomic E-state index is 13.2. The number of benzene rings is 1. The van der Waals surface area contributed by atoms with E-state index in [4.69, 9.17) is 0 Å². The number of nitrogens with zero attached hydrogens (tertiary/aromatic N) is 2. The van der Waals surface area contributed by atoms with E-state index in [1.54, 1.807) is 0 Å². The lowest BCUT2D eigenvalue weighted by Crippen LogP contribution is -2.27. The predicted octanol–water partition coefficient (Wildman–Crippen LogP) is 3.00. The Hall–Kier alpha value is -2.43. The molecule has 1 aromatic carbocycles. The number of pyridine rings is 1. The number of aromatic nitrogens is 1. The summed E-state index contributed by atoms with van der Waals surface area (Å²) in [5, 5.41) is 9.24. The summed E-state index contributed by atoms with van der Waals surface area (Å²) in [5.74, 6) is -1.52. The van der Waals surface area contributed by atoms with Gasteiger partial charge < -0.3 is 10.0 Å². The van der Waals surface area contributed by atoms with Gasteiger partial charge in [-0.1, -0.05) is 18.2 Å². The molecule has 1 N–H and O–H groups in total. The lowest BCUT2D eigenvalue weighted by atomic mass is 10.0. The fraction of sp³-hybridized carbons (Fsp3) is 0.200. The van der Waals surface area contributed by atoms with Crippen LogP contribution < -0.4 is 4.90 Å². The molecule has 1 aromatic heterocycles. The molecule has 0 bridgehead atoms. The van der Waals surface area contributed by atoms with Crippen LogP contribution in [-0.4, -0.2) is 22.6 Å². The van der Waals surface area contributed by atoms with Crippen molar-refractivity contribution in [3.8, 4) is 0 Å². The van der Waals surface area contributed by atoms with Crippen molar-refractivity contribution in [3.05, 3.63) is 53.5 Å². The molecule has 0 radical (unpaired) electrons. The number of hydrogen-bond acceptors (Lipinski definition) is 3. The van der Waals surface area contributed by atoms with Crippen molar-refractivity contribution >= 4 is 17.5 Å². The monoisotopic (exact) mass is 272 g/mol. The number of carboxylic acids is 1. The third-order valence-corrected chi connectivity index (χ3v) is 3.43. The molecule has 2 heterocycles. The second-order valence-corrected chi connectivity index (χ2v) is 4.71. The lowest BCUT2D eigenvalue weighted by molar-refractivity contribution is 0.0696. The van der Waals surface area contributed by atoms with E-state index in [0.717, 1.165) is 36.4 Å². The van der Waals surface area contributed by atoms with Gasteiger partial charge in [0.15, 0.2) is 0 Å². The number of hydrogen-bond donors (Lipinski definition) is 1. The fourth-order valence-corrected chi connectivity index (χ4v) is 2.56. The molecule has 2 aromatic rings. The third-order valence-electron chi connectivity index (χ3n) is 3.43. The minimum absolute atomic E-state index is 0.110. The minimum Gasteiger partial charge on any atom is -0.478 e. The van der Waals surface area contributed by atoms with Crippen molar-refractivity contribution in [2.75, 3.05) is 11.4 Å². The van der Waals surface area contributed by atoms with Crippen molar-refractivity contribution in [3.63, 3.8) is 0 Å². The van der Waals surface area contributed by atoms with Gasteiger partial charge in [0.1, 0.15) is 17.2 Å². The maximum absolute atomic E-state index is 13.2. The summed E-state index contributed by atoms with van der Waals surface area (Å²) in [4.78, 5) is 17.1. The average molecular weight is 272 g/mol. The summed E-state index contributed by atoms with van der Waals surface area (Å²) in [6, 6.07) is 8.83. The summed E-state index contributed by atoms with van der Waals surface area (Å²) in [7, 11) is 0. The van der Waals surface area contributed by atoms with E-state index in [1.165, 1.54) is 0 Å². The number of fused-ring (bicyclic) bond motifs is 1. The Morgan fingerprint density at radius 3 is 2.95 bits per heavy atom. The van der Waals surface area contributed by atoms with Crippen LogP contribution in [0.5, 0.6) is 0 Å². The van der Waals surface area contributed by atoms with Gasteiger partial charge in [0, 0.05) is 12.2 Å². The number of halogens is 1. The van der Waals surface area contributed by atoms with Gasteiger partial charge in [-0.25, -0.2) is 14.2 Å². The smallest absolute Gasteiger partial charge is 0.339 e. The molecule has 20 heavy (non-hydrogen) atoms. The highest BCUT2D eigenvalue weighted by Crippen LogP contribution is 2.33. The van der Waals surface area contributed by atoms with Gasteiger partial charge in [-0.15, -0.1) is 0 Å². The van der Waals surface area contributed by atoms with Crippen molar-refractivity contribution in [2.45, 2.75) is 12.8 Å². The normalized spacial score (nSPS) is 13.9. The quantitative estimate of drug-likeness (QED) is 0.913. The van der Waals surface area contributed by atoms with Crippen LogP contribution in [0, 0.1) is 5.82 Å². The summed E-state index contributed by atoms with van der Waals surface area (Å²) in [6.07, 6.45) is 2.92. The number of carboxylic acid groups (broad SMARTS) is 1. The molecular weight excluding hydrogens is 259 g/mol. The van der Waals surface area contributed by atoms with Crippen LogP contribution in [0.15, 0.2) is 36.5 Å². The van der Waals surface area contributed by atoms with Crippen molar-refractivity contribution < 1.29 is 14.3 Å². The van der Waals surface area contributed by atoms with Crippen LogP contribution in [0.25, 0.3) is 0 Å². The standard InChI is InChI=1S/C15H13FN2O2/c16-11-8-12(15(19)20)14(17-9-11)18-7-3-5-10-4-1-2-6-13(10)18/h1-2,4,6,8-9H,3,5,7H2,(H,19,20). The Bertz CT molecular complexity index is 673. The number of para-hydroxylation sites is 1. The van der Waals surface area contributed by atoms with Gasteiger partial charge in [0.05, 0.1) is 6.20 Å². The van der Waals surface area contributed by atoms with Gasteiger partial charge in [0.25, 0.3) is 0 Å². The molecule has 4 nitrogen and oxygen atoms in total.